The van der Waals surface area contributed by atoms with E-state index in [1.54, 1.807) is 0 Å². The van der Waals surface area contributed by atoms with Crippen LogP contribution >= 0.6 is 0 Å². The molecule has 150 valence electrons. The summed E-state index contributed by atoms with van der Waals surface area (Å²) in [6.07, 6.45) is 1.40. The number of esters is 1. The van der Waals surface area contributed by atoms with E-state index in [-0.39, 0.29) is 19.1 Å². The average Bonchev–Trinajstić information content (AvgIpc) is 3.19. The SMILES string of the molecule is CCOC1COC(=O)C=C1NC(=O)C1CCCN1C(=O)OCc1ccccc1. The zero-order chi connectivity index (χ0) is 19.9. The molecular formula is C20H24N2O6. The Morgan fingerprint density at radius 3 is 2.82 bits per heavy atom. The van der Waals surface area contributed by atoms with Crippen molar-refractivity contribution in [2.75, 3.05) is 19.8 Å². The van der Waals surface area contributed by atoms with Crippen LogP contribution in [0.4, 0.5) is 4.79 Å². The van der Waals surface area contributed by atoms with E-state index in [0.29, 0.717) is 31.7 Å². The van der Waals surface area contributed by atoms with Crippen molar-refractivity contribution in [3.05, 3.63) is 47.7 Å². The number of amides is 2. The van der Waals surface area contributed by atoms with Crippen LogP contribution in [0.1, 0.15) is 25.3 Å². The van der Waals surface area contributed by atoms with E-state index in [1.807, 2.05) is 37.3 Å². The van der Waals surface area contributed by atoms with E-state index in [1.165, 1.54) is 11.0 Å². The third-order valence-corrected chi connectivity index (χ3v) is 4.63. The summed E-state index contributed by atoms with van der Waals surface area (Å²) in [5.74, 6) is -0.892. The third-order valence-electron chi connectivity index (χ3n) is 4.63. The van der Waals surface area contributed by atoms with Crippen LogP contribution in [0.2, 0.25) is 0 Å². The predicted molar refractivity (Wildman–Crippen MR) is 99.0 cm³/mol. The minimum absolute atomic E-state index is 0.0479. The fourth-order valence-corrected chi connectivity index (χ4v) is 3.25. The van der Waals surface area contributed by atoms with Gasteiger partial charge in [0.25, 0.3) is 0 Å². The van der Waals surface area contributed by atoms with Gasteiger partial charge < -0.3 is 19.5 Å². The van der Waals surface area contributed by atoms with E-state index in [2.05, 4.69) is 5.32 Å². The highest BCUT2D eigenvalue weighted by molar-refractivity contribution is 5.90. The lowest BCUT2D eigenvalue weighted by Crippen LogP contribution is -2.48. The van der Waals surface area contributed by atoms with E-state index in [0.717, 1.165) is 5.56 Å². The lowest BCUT2D eigenvalue weighted by molar-refractivity contribution is -0.143. The van der Waals surface area contributed by atoms with Crippen molar-refractivity contribution in [2.24, 2.45) is 0 Å². The first-order valence-electron chi connectivity index (χ1n) is 9.36. The van der Waals surface area contributed by atoms with Crippen molar-refractivity contribution in [3.63, 3.8) is 0 Å². The first kappa shape index (κ1) is 19.9. The highest BCUT2D eigenvalue weighted by Gasteiger charge is 2.36. The van der Waals surface area contributed by atoms with Gasteiger partial charge in [-0.15, -0.1) is 0 Å². The Balaban J connectivity index is 1.60. The molecule has 0 aromatic heterocycles. The molecule has 2 atom stereocenters. The lowest BCUT2D eigenvalue weighted by atomic mass is 10.1. The average molecular weight is 388 g/mol. The van der Waals surface area contributed by atoms with Crippen molar-refractivity contribution < 1.29 is 28.6 Å². The van der Waals surface area contributed by atoms with Gasteiger partial charge in [0.05, 0.1) is 5.70 Å². The summed E-state index contributed by atoms with van der Waals surface area (Å²) in [5.41, 5.74) is 1.23. The summed E-state index contributed by atoms with van der Waals surface area (Å²) in [7, 11) is 0. The Morgan fingerprint density at radius 2 is 2.07 bits per heavy atom. The number of carbonyl (C=O) groups is 3. The molecule has 2 heterocycles. The van der Waals surface area contributed by atoms with Crippen molar-refractivity contribution in [1.29, 1.82) is 0 Å². The van der Waals surface area contributed by atoms with Crippen LogP contribution in [-0.4, -0.2) is 54.8 Å². The number of cyclic esters (lactones) is 1. The van der Waals surface area contributed by atoms with Crippen LogP contribution in [0.25, 0.3) is 0 Å². The zero-order valence-corrected chi connectivity index (χ0v) is 15.8. The molecule has 0 aliphatic carbocycles. The second-order valence-electron chi connectivity index (χ2n) is 6.55. The Morgan fingerprint density at radius 1 is 1.29 bits per heavy atom. The van der Waals surface area contributed by atoms with Gasteiger partial charge in [-0.2, -0.15) is 0 Å². The molecule has 2 amide bonds. The number of nitrogens with zero attached hydrogens (tertiary/aromatic N) is 1. The van der Waals surface area contributed by atoms with Gasteiger partial charge in [-0.1, -0.05) is 30.3 Å². The largest absolute Gasteiger partial charge is 0.459 e. The molecule has 0 spiro atoms. The standard InChI is InChI=1S/C20H24N2O6/c1-2-26-17-13-27-18(23)11-15(17)21-19(24)16-9-6-10-22(16)20(25)28-12-14-7-4-3-5-8-14/h3-5,7-8,11,16-17H,2,6,9-10,12-13H2,1H3,(H,21,24). The van der Waals surface area contributed by atoms with Crippen LogP contribution in [0.3, 0.4) is 0 Å². The highest BCUT2D eigenvalue weighted by atomic mass is 16.6. The van der Waals surface area contributed by atoms with Crippen LogP contribution in [0.5, 0.6) is 0 Å². The molecule has 28 heavy (non-hydrogen) atoms. The fraction of sp³-hybridized carbons (Fsp3) is 0.450. The van der Waals surface area contributed by atoms with Gasteiger partial charge in [-0.25, -0.2) is 9.59 Å². The highest BCUT2D eigenvalue weighted by Crippen LogP contribution is 2.20. The number of rotatable bonds is 6. The van der Waals surface area contributed by atoms with Crippen LogP contribution in [-0.2, 0) is 30.4 Å². The Kier molecular flexibility index (Phi) is 6.65. The smallest absolute Gasteiger partial charge is 0.410 e. The number of carbonyl (C=O) groups excluding carboxylic acids is 3. The van der Waals surface area contributed by atoms with E-state index in [9.17, 15) is 14.4 Å². The van der Waals surface area contributed by atoms with E-state index in [4.69, 9.17) is 14.2 Å². The summed E-state index contributed by atoms with van der Waals surface area (Å²) in [5, 5.41) is 2.73. The maximum absolute atomic E-state index is 12.8. The van der Waals surface area contributed by atoms with Gasteiger partial charge in [0.1, 0.15) is 25.4 Å². The molecule has 8 nitrogen and oxygen atoms in total. The lowest BCUT2D eigenvalue weighted by Gasteiger charge is -2.27. The van der Waals surface area contributed by atoms with Gasteiger partial charge in [0, 0.05) is 19.2 Å². The predicted octanol–water partition coefficient (Wildman–Crippen LogP) is 1.75. The molecule has 2 aliphatic heterocycles. The molecule has 1 N–H and O–H groups in total. The maximum Gasteiger partial charge on any atom is 0.410 e. The Bertz CT molecular complexity index is 748. The molecule has 1 fully saturated rings. The summed E-state index contributed by atoms with van der Waals surface area (Å²) >= 11 is 0. The second-order valence-corrected chi connectivity index (χ2v) is 6.55. The zero-order valence-electron chi connectivity index (χ0n) is 15.8. The molecule has 1 saturated heterocycles. The number of likely N-dealkylation sites (tertiary alicyclic amines) is 1. The van der Waals surface area contributed by atoms with Crippen molar-refractivity contribution in [1.82, 2.24) is 10.2 Å². The normalized spacial score (nSPS) is 21.7. The summed E-state index contributed by atoms with van der Waals surface area (Å²) in [4.78, 5) is 38.2. The van der Waals surface area contributed by atoms with Gasteiger partial charge >= 0.3 is 12.1 Å². The second kappa shape index (κ2) is 9.36. The van der Waals surface area contributed by atoms with Crippen LogP contribution in [0.15, 0.2) is 42.1 Å². The van der Waals surface area contributed by atoms with Crippen molar-refractivity contribution >= 4 is 18.0 Å². The molecule has 3 rings (SSSR count). The topological polar surface area (TPSA) is 94.2 Å². The van der Waals surface area contributed by atoms with Crippen molar-refractivity contribution in [3.8, 4) is 0 Å². The number of hydrogen-bond donors (Lipinski definition) is 1. The first-order valence-corrected chi connectivity index (χ1v) is 9.36. The van der Waals surface area contributed by atoms with Crippen LogP contribution in [0, 0.1) is 0 Å². The summed E-state index contributed by atoms with van der Waals surface area (Å²) < 4.78 is 15.8. The van der Waals surface area contributed by atoms with E-state index < -0.39 is 24.2 Å². The quantitative estimate of drug-likeness (QED) is 0.746. The maximum atomic E-state index is 12.8. The Labute approximate surface area is 163 Å². The number of hydrogen-bond acceptors (Lipinski definition) is 6. The molecule has 0 saturated carbocycles. The summed E-state index contributed by atoms with van der Waals surface area (Å²) in [6, 6.07) is 8.70. The van der Waals surface area contributed by atoms with Gasteiger partial charge in [0.15, 0.2) is 0 Å². The van der Waals surface area contributed by atoms with Crippen molar-refractivity contribution in [2.45, 2.75) is 38.5 Å². The number of nitrogens with one attached hydrogen (secondary N) is 1. The minimum Gasteiger partial charge on any atom is -0.459 e. The van der Waals surface area contributed by atoms with Gasteiger partial charge in [-0.3, -0.25) is 9.69 Å². The molecule has 8 heteroatoms. The number of benzene rings is 1. The Hall–Kier alpha value is -2.87. The molecule has 2 aliphatic rings. The molecule has 0 radical (unpaired) electrons. The summed E-state index contributed by atoms with van der Waals surface area (Å²) in [6.45, 7) is 2.87. The molecule has 1 aromatic carbocycles. The minimum atomic E-state index is -0.649. The monoisotopic (exact) mass is 388 g/mol. The van der Waals surface area contributed by atoms with E-state index >= 15 is 0 Å². The fourth-order valence-electron chi connectivity index (χ4n) is 3.25. The third kappa shape index (κ3) is 4.89. The van der Waals surface area contributed by atoms with Gasteiger partial charge in [0.2, 0.25) is 5.91 Å². The molecular weight excluding hydrogens is 364 g/mol. The molecule has 2 unspecified atom stereocenters. The number of ether oxygens (including phenoxy) is 3. The first-order chi connectivity index (χ1) is 13.6. The van der Waals surface area contributed by atoms with Gasteiger partial charge in [-0.05, 0) is 25.3 Å². The molecule has 0 bridgehead atoms. The molecule has 1 aromatic rings. The van der Waals surface area contributed by atoms with Crippen LogP contribution < -0.4 is 5.32 Å².